The second kappa shape index (κ2) is 7.79. The summed E-state index contributed by atoms with van der Waals surface area (Å²) in [4.78, 5) is 24.0. The van der Waals surface area contributed by atoms with Crippen LogP contribution in [0.2, 0.25) is 0 Å². The predicted molar refractivity (Wildman–Crippen MR) is 102 cm³/mol. The van der Waals surface area contributed by atoms with Crippen molar-refractivity contribution in [2.24, 2.45) is 0 Å². The molecule has 130 valence electrons. The molecule has 0 saturated heterocycles. The van der Waals surface area contributed by atoms with Gasteiger partial charge in [-0.2, -0.15) is 0 Å². The van der Waals surface area contributed by atoms with Crippen LogP contribution >= 0.6 is 0 Å². The fourth-order valence-electron chi connectivity index (χ4n) is 2.32. The Labute approximate surface area is 149 Å². The van der Waals surface area contributed by atoms with Crippen molar-refractivity contribution < 1.29 is 9.59 Å². The maximum atomic E-state index is 12.5. The minimum Gasteiger partial charge on any atom is -0.322 e. The zero-order valence-electron chi connectivity index (χ0n) is 15.1. The van der Waals surface area contributed by atoms with Crippen LogP contribution in [0, 0.1) is 0 Å². The van der Waals surface area contributed by atoms with Crippen LogP contribution in [0.15, 0.2) is 60.3 Å². The second-order valence-corrected chi connectivity index (χ2v) is 6.93. The normalized spacial score (nSPS) is 11.8. The van der Waals surface area contributed by atoms with Crippen LogP contribution in [0.4, 0.5) is 5.69 Å². The van der Waals surface area contributed by atoms with Crippen molar-refractivity contribution in [3.63, 3.8) is 0 Å². The molecule has 0 bridgehead atoms. The van der Waals surface area contributed by atoms with Gasteiger partial charge in [0.05, 0.1) is 0 Å². The van der Waals surface area contributed by atoms with E-state index in [1.165, 1.54) is 12.5 Å². The average Bonchev–Trinajstić information content (AvgIpc) is 2.54. The Bertz CT molecular complexity index is 770. The van der Waals surface area contributed by atoms with E-state index in [1.54, 1.807) is 6.08 Å². The molecule has 0 atom stereocenters. The molecule has 25 heavy (non-hydrogen) atoms. The third-order valence-electron chi connectivity index (χ3n) is 3.67. The van der Waals surface area contributed by atoms with Crippen molar-refractivity contribution in [2.45, 2.75) is 33.1 Å². The molecule has 0 spiro atoms. The summed E-state index contributed by atoms with van der Waals surface area (Å²) in [6, 6.07) is 17.1. The van der Waals surface area contributed by atoms with E-state index in [4.69, 9.17) is 0 Å². The quantitative estimate of drug-likeness (QED) is 0.826. The Balaban J connectivity index is 2.20. The lowest BCUT2D eigenvalue weighted by Gasteiger charge is -2.19. The van der Waals surface area contributed by atoms with Gasteiger partial charge in [-0.05, 0) is 34.8 Å². The van der Waals surface area contributed by atoms with Gasteiger partial charge in [-0.3, -0.25) is 9.59 Å². The summed E-state index contributed by atoms with van der Waals surface area (Å²) >= 11 is 0. The van der Waals surface area contributed by atoms with Gasteiger partial charge in [0.1, 0.15) is 5.70 Å². The molecule has 2 N–H and O–H groups in total. The van der Waals surface area contributed by atoms with Crippen molar-refractivity contribution in [2.75, 3.05) is 5.32 Å². The summed E-state index contributed by atoms with van der Waals surface area (Å²) in [5.41, 5.74) is 2.97. The van der Waals surface area contributed by atoms with E-state index in [0.29, 0.717) is 5.69 Å². The molecule has 4 heteroatoms. The number of nitrogens with one attached hydrogen (secondary N) is 2. The van der Waals surface area contributed by atoms with Gasteiger partial charge in [0.2, 0.25) is 5.91 Å². The number of hydrogen-bond donors (Lipinski definition) is 2. The maximum absolute atomic E-state index is 12.5. The molecule has 0 saturated carbocycles. The zero-order chi connectivity index (χ0) is 18.4. The van der Waals surface area contributed by atoms with Gasteiger partial charge < -0.3 is 10.6 Å². The van der Waals surface area contributed by atoms with E-state index in [0.717, 1.165) is 5.56 Å². The number of anilines is 1. The Kier molecular flexibility index (Phi) is 5.75. The van der Waals surface area contributed by atoms with Gasteiger partial charge in [-0.25, -0.2) is 0 Å². The molecule has 0 heterocycles. The van der Waals surface area contributed by atoms with Gasteiger partial charge in [0.25, 0.3) is 5.91 Å². The van der Waals surface area contributed by atoms with Crippen molar-refractivity contribution in [3.05, 3.63) is 71.4 Å². The van der Waals surface area contributed by atoms with Gasteiger partial charge in [-0.1, -0.05) is 63.2 Å². The topological polar surface area (TPSA) is 58.2 Å². The van der Waals surface area contributed by atoms with Gasteiger partial charge in [0.15, 0.2) is 0 Å². The SMILES string of the molecule is CC(=O)N/C(=C\c1ccccc1)C(=O)Nc1ccc(C(C)(C)C)cc1. The van der Waals surface area contributed by atoms with E-state index in [1.807, 2.05) is 54.6 Å². The van der Waals surface area contributed by atoms with Crippen LogP contribution in [0.5, 0.6) is 0 Å². The third-order valence-corrected chi connectivity index (χ3v) is 3.67. The summed E-state index contributed by atoms with van der Waals surface area (Å²) in [6.45, 7) is 7.79. The molecule has 2 rings (SSSR count). The van der Waals surface area contributed by atoms with Crippen molar-refractivity contribution in [3.8, 4) is 0 Å². The van der Waals surface area contributed by atoms with Crippen molar-refractivity contribution >= 4 is 23.6 Å². The summed E-state index contributed by atoms with van der Waals surface area (Å²) < 4.78 is 0. The summed E-state index contributed by atoms with van der Waals surface area (Å²) in [5, 5.41) is 5.42. The predicted octanol–water partition coefficient (Wildman–Crippen LogP) is 4.10. The molecule has 0 aliphatic carbocycles. The van der Waals surface area contributed by atoms with Crippen LogP contribution < -0.4 is 10.6 Å². The molecule has 0 fully saturated rings. The standard InChI is InChI=1S/C21H24N2O2/c1-15(24)22-19(14-16-8-6-5-7-9-16)20(25)23-18-12-10-17(11-13-18)21(2,3)4/h5-14H,1-4H3,(H,22,24)(H,23,25)/b19-14-. The first-order valence-corrected chi connectivity index (χ1v) is 8.22. The summed E-state index contributed by atoms with van der Waals surface area (Å²) in [5.74, 6) is -0.650. The monoisotopic (exact) mass is 336 g/mol. The second-order valence-electron chi connectivity index (χ2n) is 6.93. The highest BCUT2D eigenvalue weighted by molar-refractivity contribution is 6.08. The van der Waals surface area contributed by atoms with E-state index in [2.05, 4.69) is 31.4 Å². The van der Waals surface area contributed by atoms with Gasteiger partial charge in [-0.15, -0.1) is 0 Å². The van der Waals surface area contributed by atoms with Crippen molar-refractivity contribution in [1.82, 2.24) is 5.32 Å². The number of benzene rings is 2. The van der Waals surface area contributed by atoms with Crippen LogP contribution in [0.25, 0.3) is 6.08 Å². The first-order valence-electron chi connectivity index (χ1n) is 8.22. The Morgan fingerprint density at radius 1 is 0.920 bits per heavy atom. The van der Waals surface area contributed by atoms with E-state index in [-0.39, 0.29) is 22.9 Å². The highest BCUT2D eigenvalue weighted by Gasteiger charge is 2.15. The summed E-state index contributed by atoms with van der Waals surface area (Å²) in [6.07, 6.45) is 1.65. The Morgan fingerprint density at radius 2 is 1.52 bits per heavy atom. The first-order chi connectivity index (χ1) is 11.8. The molecule has 4 nitrogen and oxygen atoms in total. The highest BCUT2D eigenvalue weighted by atomic mass is 16.2. The molecule has 0 radical (unpaired) electrons. The molecule has 0 unspecified atom stereocenters. The Morgan fingerprint density at radius 3 is 2.04 bits per heavy atom. The molecule has 2 aromatic rings. The molecular formula is C21H24N2O2. The lowest BCUT2D eigenvalue weighted by Crippen LogP contribution is -2.29. The first kappa shape index (κ1) is 18.5. The third kappa shape index (κ3) is 5.60. The molecule has 0 aliphatic rings. The average molecular weight is 336 g/mol. The summed E-state index contributed by atoms with van der Waals surface area (Å²) in [7, 11) is 0. The van der Waals surface area contributed by atoms with Crippen LogP contribution in [0.1, 0.15) is 38.8 Å². The van der Waals surface area contributed by atoms with E-state index >= 15 is 0 Å². The van der Waals surface area contributed by atoms with E-state index in [9.17, 15) is 9.59 Å². The Hall–Kier alpha value is -2.88. The molecule has 2 amide bonds. The fourth-order valence-corrected chi connectivity index (χ4v) is 2.32. The number of carbonyl (C=O) groups is 2. The molecular weight excluding hydrogens is 312 g/mol. The zero-order valence-corrected chi connectivity index (χ0v) is 15.1. The number of amides is 2. The molecule has 2 aromatic carbocycles. The fraction of sp³-hybridized carbons (Fsp3) is 0.238. The lowest BCUT2D eigenvalue weighted by molar-refractivity contribution is -0.120. The minimum absolute atomic E-state index is 0.0527. The van der Waals surface area contributed by atoms with Crippen LogP contribution in [0.3, 0.4) is 0 Å². The van der Waals surface area contributed by atoms with Gasteiger partial charge >= 0.3 is 0 Å². The van der Waals surface area contributed by atoms with Gasteiger partial charge in [0, 0.05) is 12.6 Å². The smallest absolute Gasteiger partial charge is 0.272 e. The maximum Gasteiger partial charge on any atom is 0.272 e. The number of hydrogen-bond acceptors (Lipinski definition) is 2. The number of carbonyl (C=O) groups excluding carboxylic acids is 2. The molecule has 0 aliphatic heterocycles. The van der Waals surface area contributed by atoms with Crippen LogP contribution in [-0.2, 0) is 15.0 Å². The van der Waals surface area contributed by atoms with Crippen LogP contribution in [-0.4, -0.2) is 11.8 Å². The largest absolute Gasteiger partial charge is 0.322 e. The van der Waals surface area contributed by atoms with E-state index < -0.39 is 0 Å². The minimum atomic E-state index is -0.359. The molecule has 0 aromatic heterocycles. The van der Waals surface area contributed by atoms with Crippen molar-refractivity contribution in [1.29, 1.82) is 0 Å². The highest BCUT2D eigenvalue weighted by Crippen LogP contribution is 2.23. The number of rotatable bonds is 4. The lowest BCUT2D eigenvalue weighted by atomic mass is 9.87.